The number of benzene rings is 1. The zero-order chi connectivity index (χ0) is 12.5. The zero-order valence-electron chi connectivity index (χ0n) is 8.45. The maximum Gasteiger partial charge on any atom is 0.420 e. The normalized spacial score (nSPS) is 11.5. The van der Waals surface area contributed by atoms with Gasteiger partial charge in [-0.1, -0.05) is 24.3 Å². The molecule has 1 aromatic heterocycles. The highest BCUT2D eigenvalue weighted by molar-refractivity contribution is 5.76. The molecule has 1 N–H and O–H groups in total. The third-order valence-electron chi connectivity index (χ3n) is 2.28. The Kier molecular flexibility index (Phi) is 2.71. The van der Waals surface area contributed by atoms with Gasteiger partial charge in [0.15, 0.2) is 0 Å². The predicted molar refractivity (Wildman–Crippen MR) is 54.4 cm³/mol. The number of nitrogens with zero attached hydrogens (tertiary/aromatic N) is 1. The number of hydrogen-bond donors (Lipinski definition) is 1. The molecular formula is C11H7F3N2O. The number of halogens is 3. The average Bonchev–Trinajstić information content (AvgIpc) is 2.78. The van der Waals surface area contributed by atoms with Gasteiger partial charge >= 0.3 is 6.18 Å². The van der Waals surface area contributed by atoms with Gasteiger partial charge in [-0.15, -0.1) is 0 Å². The topological polar surface area (TPSA) is 45.8 Å². The summed E-state index contributed by atoms with van der Waals surface area (Å²) in [6.07, 6.45) is -3.09. The zero-order valence-corrected chi connectivity index (χ0v) is 8.45. The second kappa shape index (κ2) is 4.04. The molecule has 0 aliphatic heterocycles. The first-order valence-electron chi connectivity index (χ1n) is 4.68. The molecule has 6 heteroatoms. The fraction of sp³-hybridized carbons (Fsp3) is 0.0909. The highest BCUT2D eigenvalue weighted by Gasteiger charge is 2.35. The van der Waals surface area contributed by atoms with Crippen molar-refractivity contribution in [1.29, 1.82) is 0 Å². The van der Waals surface area contributed by atoms with Crippen LogP contribution in [0.25, 0.3) is 11.3 Å². The fourth-order valence-corrected chi connectivity index (χ4v) is 1.45. The lowest BCUT2D eigenvalue weighted by Crippen LogP contribution is -2.05. The van der Waals surface area contributed by atoms with Crippen LogP contribution in [0.15, 0.2) is 30.5 Å². The van der Waals surface area contributed by atoms with Crippen LogP contribution >= 0.6 is 0 Å². The van der Waals surface area contributed by atoms with Crippen LogP contribution in [0.3, 0.4) is 0 Å². The first-order valence-corrected chi connectivity index (χ1v) is 4.68. The lowest BCUT2D eigenvalue weighted by atomic mass is 10.1. The van der Waals surface area contributed by atoms with E-state index in [4.69, 9.17) is 0 Å². The van der Waals surface area contributed by atoms with Gasteiger partial charge < -0.3 is 0 Å². The molecule has 0 saturated heterocycles. The van der Waals surface area contributed by atoms with Crippen molar-refractivity contribution < 1.29 is 18.0 Å². The molecule has 1 aromatic carbocycles. The molecule has 0 saturated carbocycles. The number of carbonyl (C=O) groups is 1. The van der Waals surface area contributed by atoms with Gasteiger partial charge in [-0.25, -0.2) is 0 Å². The number of aromatic nitrogens is 2. The fourth-order valence-electron chi connectivity index (χ4n) is 1.45. The molecule has 0 atom stereocenters. The second-order valence-electron chi connectivity index (χ2n) is 3.40. The average molecular weight is 240 g/mol. The SMILES string of the molecule is O=Cc1ccc(-c2[nH]ncc2C(F)(F)F)cc1. The Morgan fingerprint density at radius 1 is 1.18 bits per heavy atom. The molecule has 0 fully saturated rings. The largest absolute Gasteiger partial charge is 0.420 e. The summed E-state index contributed by atoms with van der Waals surface area (Å²) in [5.41, 5.74) is -0.187. The molecule has 0 aliphatic rings. The number of aromatic amines is 1. The molecule has 0 spiro atoms. The van der Waals surface area contributed by atoms with E-state index in [2.05, 4.69) is 10.2 Å². The quantitative estimate of drug-likeness (QED) is 0.820. The molecule has 0 aliphatic carbocycles. The van der Waals surface area contributed by atoms with Crippen LogP contribution in [0.1, 0.15) is 15.9 Å². The Morgan fingerprint density at radius 2 is 1.82 bits per heavy atom. The number of nitrogens with one attached hydrogen (secondary N) is 1. The van der Waals surface area contributed by atoms with Crippen LogP contribution in [-0.4, -0.2) is 16.5 Å². The molecule has 17 heavy (non-hydrogen) atoms. The molecule has 1 heterocycles. The third kappa shape index (κ3) is 2.20. The lowest BCUT2D eigenvalue weighted by Gasteiger charge is -2.06. The highest BCUT2D eigenvalue weighted by Crippen LogP contribution is 2.35. The van der Waals surface area contributed by atoms with Crippen molar-refractivity contribution in [3.63, 3.8) is 0 Å². The van der Waals surface area contributed by atoms with Crippen LogP contribution in [0.5, 0.6) is 0 Å². The van der Waals surface area contributed by atoms with Crippen molar-refractivity contribution in [2.24, 2.45) is 0 Å². The van der Waals surface area contributed by atoms with Gasteiger partial charge in [-0.2, -0.15) is 18.3 Å². The first-order chi connectivity index (χ1) is 8.02. The van der Waals surface area contributed by atoms with E-state index in [0.717, 1.165) is 6.20 Å². The Labute approximate surface area is 94.3 Å². The number of H-pyrrole nitrogens is 1. The van der Waals surface area contributed by atoms with Gasteiger partial charge in [-0.05, 0) is 0 Å². The maximum absolute atomic E-state index is 12.6. The van der Waals surface area contributed by atoms with Crippen LogP contribution in [0.4, 0.5) is 13.2 Å². The summed E-state index contributed by atoms with van der Waals surface area (Å²) in [6, 6.07) is 5.77. The molecule has 0 amide bonds. The van der Waals surface area contributed by atoms with E-state index in [0.29, 0.717) is 17.4 Å². The first kappa shape index (κ1) is 11.4. The minimum absolute atomic E-state index is 0.102. The van der Waals surface area contributed by atoms with Crippen LogP contribution in [0.2, 0.25) is 0 Å². The Hall–Kier alpha value is -2.11. The summed E-state index contributed by atoms with van der Waals surface area (Å²) in [4.78, 5) is 10.4. The summed E-state index contributed by atoms with van der Waals surface area (Å²) >= 11 is 0. The summed E-state index contributed by atoms with van der Waals surface area (Å²) < 4.78 is 37.8. The van der Waals surface area contributed by atoms with Gasteiger partial charge in [0.2, 0.25) is 0 Å². The molecule has 0 radical (unpaired) electrons. The van der Waals surface area contributed by atoms with Gasteiger partial charge in [-0.3, -0.25) is 9.89 Å². The van der Waals surface area contributed by atoms with E-state index in [-0.39, 0.29) is 5.69 Å². The molecule has 0 unspecified atom stereocenters. The van der Waals surface area contributed by atoms with Crippen molar-refractivity contribution in [2.45, 2.75) is 6.18 Å². The van der Waals surface area contributed by atoms with Gasteiger partial charge in [0, 0.05) is 11.1 Å². The van der Waals surface area contributed by atoms with Crippen molar-refractivity contribution in [3.05, 3.63) is 41.6 Å². The van der Waals surface area contributed by atoms with Crippen molar-refractivity contribution in [2.75, 3.05) is 0 Å². The van der Waals surface area contributed by atoms with Crippen LogP contribution in [0, 0.1) is 0 Å². The molecule has 0 bridgehead atoms. The van der Waals surface area contributed by atoms with Crippen molar-refractivity contribution in [1.82, 2.24) is 10.2 Å². The summed E-state index contributed by atoms with van der Waals surface area (Å²) in [5, 5.41) is 5.70. The van der Waals surface area contributed by atoms with E-state index in [1.807, 2.05) is 0 Å². The smallest absolute Gasteiger partial charge is 0.298 e. The lowest BCUT2D eigenvalue weighted by molar-refractivity contribution is -0.137. The van der Waals surface area contributed by atoms with E-state index in [9.17, 15) is 18.0 Å². The standard InChI is InChI=1S/C11H7F3N2O/c12-11(13,14)9-5-15-16-10(9)8-3-1-7(6-17)2-4-8/h1-6H,(H,15,16). The number of aldehydes is 1. The van der Waals surface area contributed by atoms with Crippen LogP contribution in [-0.2, 0) is 6.18 Å². The van der Waals surface area contributed by atoms with E-state index < -0.39 is 11.7 Å². The van der Waals surface area contributed by atoms with Gasteiger partial charge in [0.05, 0.1) is 11.9 Å². The Bertz CT molecular complexity index is 528. The maximum atomic E-state index is 12.6. The Morgan fingerprint density at radius 3 is 2.35 bits per heavy atom. The number of rotatable bonds is 2. The van der Waals surface area contributed by atoms with Gasteiger partial charge in [0.1, 0.15) is 11.8 Å². The summed E-state index contributed by atoms with van der Waals surface area (Å²) in [7, 11) is 0. The van der Waals surface area contributed by atoms with E-state index in [1.165, 1.54) is 24.3 Å². The summed E-state index contributed by atoms with van der Waals surface area (Å²) in [6.45, 7) is 0. The molecule has 88 valence electrons. The molecule has 3 nitrogen and oxygen atoms in total. The minimum atomic E-state index is -4.45. The highest BCUT2D eigenvalue weighted by atomic mass is 19.4. The predicted octanol–water partition coefficient (Wildman–Crippen LogP) is 2.91. The van der Waals surface area contributed by atoms with E-state index >= 15 is 0 Å². The molecular weight excluding hydrogens is 233 g/mol. The third-order valence-corrected chi connectivity index (χ3v) is 2.28. The monoisotopic (exact) mass is 240 g/mol. The molecule has 2 aromatic rings. The second-order valence-corrected chi connectivity index (χ2v) is 3.40. The minimum Gasteiger partial charge on any atom is -0.298 e. The number of hydrogen-bond acceptors (Lipinski definition) is 2. The van der Waals surface area contributed by atoms with Gasteiger partial charge in [0.25, 0.3) is 0 Å². The van der Waals surface area contributed by atoms with E-state index in [1.54, 1.807) is 0 Å². The Balaban J connectivity index is 2.46. The van der Waals surface area contributed by atoms with Crippen LogP contribution < -0.4 is 0 Å². The number of carbonyl (C=O) groups excluding carboxylic acids is 1. The molecule has 2 rings (SSSR count). The van der Waals surface area contributed by atoms with Crippen molar-refractivity contribution >= 4 is 6.29 Å². The summed E-state index contributed by atoms with van der Waals surface area (Å²) in [5.74, 6) is 0. The van der Waals surface area contributed by atoms with Crippen molar-refractivity contribution in [3.8, 4) is 11.3 Å². The number of alkyl halides is 3.